The average molecular weight is 371 g/mol. The van der Waals surface area contributed by atoms with Crippen molar-refractivity contribution in [3.05, 3.63) is 35.9 Å². The smallest absolute Gasteiger partial charge is 0.309 e. The molecule has 7 heteroatoms. The number of rotatable bonds is 13. The average Bonchev–Trinajstić information content (AvgIpc) is 2.58. The summed E-state index contributed by atoms with van der Waals surface area (Å²) in [5, 5.41) is 1.39. The topological polar surface area (TPSA) is 65.1 Å². The molecule has 0 atom stereocenters. The van der Waals surface area contributed by atoms with Crippen LogP contribution in [-0.4, -0.2) is 36.9 Å². The third-order valence-corrected chi connectivity index (χ3v) is 5.69. The summed E-state index contributed by atoms with van der Waals surface area (Å²) in [7, 11) is -2.97. The van der Waals surface area contributed by atoms with E-state index in [0.717, 1.165) is 24.8 Å². The summed E-state index contributed by atoms with van der Waals surface area (Å²) in [6, 6.07) is 9.72. The summed E-state index contributed by atoms with van der Waals surface area (Å²) < 4.78 is 22.9. The molecule has 0 aliphatic carbocycles. The summed E-state index contributed by atoms with van der Waals surface area (Å²) >= 11 is 0. The first-order valence-electron chi connectivity index (χ1n) is 8.83. The zero-order chi connectivity index (χ0) is 18.5. The first kappa shape index (κ1) is 21.8. The minimum Gasteiger partial charge on any atom is -0.309 e. The van der Waals surface area contributed by atoms with Crippen LogP contribution in [0.5, 0.6) is 0 Å². The van der Waals surface area contributed by atoms with Gasteiger partial charge in [-0.15, -0.1) is 0 Å². The Morgan fingerprint density at radius 3 is 2.24 bits per heavy atom. The Morgan fingerprint density at radius 2 is 1.68 bits per heavy atom. The largest absolute Gasteiger partial charge is 0.330 e. The van der Waals surface area contributed by atoms with E-state index in [-0.39, 0.29) is 5.91 Å². The lowest BCUT2D eigenvalue weighted by Crippen LogP contribution is -2.29. The first-order valence-corrected chi connectivity index (χ1v) is 10.6. The molecule has 1 rings (SSSR count). The second-order valence-corrected chi connectivity index (χ2v) is 7.80. The fourth-order valence-electron chi connectivity index (χ4n) is 2.34. The molecule has 142 valence electrons. The van der Waals surface area contributed by atoms with E-state index in [1.807, 2.05) is 30.3 Å². The maximum absolute atomic E-state index is 12.3. The molecule has 0 saturated carbocycles. The van der Waals surface area contributed by atoms with E-state index in [9.17, 15) is 9.36 Å². The maximum Gasteiger partial charge on any atom is 0.330 e. The number of benzene rings is 1. The van der Waals surface area contributed by atoms with Gasteiger partial charge in [-0.05, 0) is 32.3 Å². The molecule has 0 aliphatic rings. The molecule has 0 fully saturated rings. The lowest BCUT2D eigenvalue weighted by atomic mass is 10.2. The SMILES string of the molecule is CCOP(=O)(CCCCCN(OCc1ccccc1)C(C)=O)OCC. The zero-order valence-corrected chi connectivity index (χ0v) is 16.4. The summed E-state index contributed by atoms with van der Waals surface area (Å²) in [6.45, 7) is 6.73. The van der Waals surface area contributed by atoms with E-state index >= 15 is 0 Å². The molecule has 0 unspecified atom stereocenters. The lowest BCUT2D eigenvalue weighted by molar-refractivity contribution is -0.189. The standard InChI is InChI=1S/C18H30NO5P/c1-4-23-25(21,24-5-2)15-11-7-10-14-19(17(3)20)22-16-18-12-8-6-9-13-18/h6,8-9,12-13H,4-5,7,10-11,14-16H2,1-3H3. The molecular formula is C18H30NO5P. The van der Waals surface area contributed by atoms with Gasteiger partial charge in [0.05, 0.1) is 19.4 Å². The summed E-state index contributed by atoms with van der Waals surface area (Å²) in [5.74, 6) is -0.120. The van der Waals surface area contributed by atoms with Gasteiger partial charge in [0.15, 0.2) is 0 Å². The van der Waals surface area contributed by atoms with Crippen LogP contribution in [0.1, 0.15) is 45.6 Å². The molecule has 0 aromatic heterocycles. The Kier molecular flexibility index (Phi) is 10.7. The highest BCUT2D eigenvalue weighted by Crippen LogP contribution is 2.48. The van der Waals surface area contributed by atoms with Crippen molar-refractivity contribution in [2.45, 2.75) is 46.6 Å². The highest BCUT2D eigenvalue weighted by molar-refractivity contribution is 7.53. The number of hydrogen-bond donors (Lipinski definition) is 0. The van der Waals surface area contributed by atoms with E-state index in [1.54, 1.807) is 13.8 Å². The fourth-order valence-corrected chi connectivity index (χ4v) is 4.07. The third-order valence-electron chi connectivity index (χ3n) is 3.53. The Labute approximate surface area is 150 Å². The number of unbranched alkanes of at least 4 members (excludes halogenated alkanes) is 2. The number of hydroxylamine groups is 2. The molecule has 1 amide bonds. The summed E-state index contributed by atoms with van der Waals surface area (Å²) in [5.41, 5.74) is 1.02. The van der Waals surface area contributed by atoms with Crippen LogP contribution >= 0.6 is 7.60 Å². The Hall–Kier alpha value is -1.20. The van der Waals surface area contributed by atoms with Gasteiger partial charge < -0.3 is 9.05 Å². The van der Waals surface area contributed by atoms with Gasteiger partial charge in [0.2, 0.25) is 5.91 Å². The molecule has 6 nitrogen and oxygen atoms in total. The first-order chi connectivity index (χ1) is 12.0. The van der Waals surface area contributed by atoms with E-state index in [1.165, 1.54) is 12.0 Å². The van der Waals surface area contributed by atoms with Crippen molar-refractivity contribution in [2.75, 3.05) is 25.9 Å². The summed E-state index contributed by atoms with van der Waals surface area (Å²) in [6.07, 6.45) is 2.72. The number of carbonyl (C=O) groups excluding carboxylic acids is 1. The van der Waals surface area contributed by atoms with Crippen LogP contribution in [0, 0.1) is 0 Å². The lowest BCUT2D eigenvalue weighted by Gasteiger charge is -2.21. The molecule has 1 aromatic carbocycles. The van der Waals surface area contributed by atoms with Crippen LogP contribution in [0.25, 0.3) is 0 Å². The normalized spacial score (nSPS) is 11.5. The fraction of sp³-hybridized carbons (Fsp3) is 0.611. The number of amides is 1. The van der Waals surface area contributed by atoms with Crippen LogP contribution in [0.2, 0.25) is 0 Å². The predicted molar refractivity (Wildman–Crippen MR) is 98.2 cm³/mol. The number of carbonyl (C=O) groups is 1. The Morgan fingerprint density at radius 1 is 1.04 bits per heavy atom. The molecule has 0 N–H and O–H groups in total. The predicted octanol–water partition coefficient (Wildman–Crippen LogP) is 4.40. The minimum absolute atomic E-state index is 0.120. The van der Waals surface area contributed by atoms with Gasteiger partial charge >= 0.3 is 7.60 Å². The van der Waals surface area contributed by atoms with Gasteiger partial charge in [-0.3, -0.25) is 14.2 Å². The van der Waals surface area contributed by atoms with E-state index < -0.39 is 7.60 Å². The Balaban J connectivity index is 2.31. The van der Waals surface area contributed by atoms with Crippen molar-refractivity contribution in [2.24, 2.45) is 0 Å². The van der Waals surface area contributed by atoms with Crippen LogP contribution in [0.4, 0.5) is 0 Å². The van der Waals surface area contributed by atoms with Crippen LogP contribution < -0.4 is 0 Å². The number of nitrogens with zero attached hydrogens (tertiary/aromatic N) is 1. The highest BCUT2D eigenvalue weighted by Gasteiger charge is 2.22. The van der Waals surface area contributed by atoms with Gasteiger partial charge in [-0.2, -0.15) is 0 Å². The minimum atomic E-state index is -2.97. The van der Waals surface area contributed by atoms with Crippen molar-refractivity contribution in [1.29, 1.82) is 0 Å². The van der Waals surface area contributed by atoms with Crippen molar-refractivity contribution in [1.82, 2.24) is 5.06 Å². The van der Waals surface area contributed by atoms with Gasteiger partial charge in [-0.1, -0.05) is 36.8 Å². The molecule has 25 heavy (non-hydrogen) atoms. The number of hydrogen-bond acceptors (Lipinski definition) is 5. The van der Waals surface area contributed by atoms with Gasteiger partial charge in [0, 0.05) is 13.5 Å². The Bertz CT molecular complexity index is 528. The van der Waals surface area contributed by atoms with Crippen molar-refractivity contribution in [3.8, 4) is 0 Å². The van der Waals surface area contributed by atoms with Crippen molar-refractivity contribution in [3.63, 3.8) is 0 Å². The summed E-state index contributed by atoms with van der Waals surface area (Å²) in [4.78, 5) is 17.3. The van der Waals surface area contributed by atoms with Crippen molar-refractivity contribution >= 4 is 13.5 Å². The van der Waals surface area contributed by atoms with E-state index in [2.05, 4.69) is 0 Å². The van der Waals surface area contributed by atoms with Crippen LogP contribution in [0.3, 0.4) is 0 Å². The highest BCUT2D eigenvalue weighted by atomic mass is 31.2. The molecule has 0 saturated heterocycles. The van der Waals surface area contributed by atoms with Gasteiger partial charge in [0.25, 0.3) is 0 Å². The monoisotopic (exact) mass is 371 g/mol. The van der Waals surface area contributed by atoms with E-state index in [0.29, 0.717) is 32.5 Å². The van der Waals surface area contributed by atoms with Gasteiger partial charge in [0.1, 0.15) is 6.61 Å². The molecule has 0 spiro atoms. The molecule has 0 heterocycles. The van der Waals surface area contributed by atoms with E-state index in [4.69, 9.17) is 13.9 Å². The molecular weight excluding hydrogens is 341 g/mol. The van der Waals surface area contributed by atoms with Crippen LogP contribution in [-0.2, 0) is 29.9 Å². The molecule has 0 radical (unpaired) electrons. The van der Waals surface area contributed by atoms with Crippen LogP contribution in [0.15, 0.2) is 30.3 Å². The maximum atomic E-state index is 12.3. The molecule has 0 aliphatic heterocycles. The molecule has 0 bridgehead atoms. The molecule has 1 aromatic rings. The third kappa shape index (κ3) is 9.17. The van der Waals surface area contributed by atoms with Gasteiger partial charge in [-0.25, -0.2) is 5.06 Å². The second-order valence-electron chi connectivity index (χ2n) is 5.61. The quantitative estimate of drug-likeness (QED) is 0.292. The zero-order valence-electron chi connectivity index (χ0n) is 15.5. The van der Waals surface area contributed by atoms with Crippen molar-refractivity contribution < 1.29 is 23.2 Å². The second kappa shape index (κ2) is 12.2.